The SMILES string of the molecule is CCCc1c(CO)nc2ccccn12. The number of imidazole rings is 1. The van der Waals surface area contributed by atoms with Gasteiger partial charge in [-0.2, -0.15) is 0 Å². The van der Waals surface area contributed by atoms with Gasteiger partial charge in [-0.1, -0.05) is 19.4 Å². The largest absolute Gasteiger partial charge is 0.390 e. The first-order chi connectivity index (χ1) is 6.86. The molecule has 0 aliphatic heterocycles. The standard InChI is InChI=1S/C11H14N2O/c1-2-5-10-9(8-14)12-11-6-3-4-7-13(10)11/h3-4,6-7,14H,2,5,8H2,1H3. The van der Waals surface area contributed by atoms with E-state index in [4.69, 9.17) is 0 Å². The van der Waals surface area contributed by atoms with Gasteiger partial charge < -0.3 is 9.51 Å². The Kier molecular flexibility index (Phi) is 2.50. The third-order valence-corrected chi connectivity index (χ3v) is 2.35. The summed E-state index contributed by atoms with van der Waals surface area (Å²) in [6.45, 7) is 2.15. The van der Waals surface area contributed by atoms with Crippen LogP contribution in [-0.4, -0.2) is 14.5 Å². The summed E-state index contributed by atoms with van der Waals surface area (Å²) >= 11 is 0. The predicted octanol–water partition coefficient (Wildman–Crippen LogP) is 1.78. The maximum absolute atomic E-state index is 9.17. The Bertz CT molecular complexity index is 434. The van der Waals surface area contributed by atoms with Gasteiger partial charge in [-0.3, -0.25) is 0 Å². The molecule has 2 aromatic rings. The molecule has 0 saturated heterocycles. The normalized spacial score (nSPS) is 11.0. The molecule has 0 radical (unpaired) electrons. The monoisotopic (exact) mass is 190 g/mol. The number of nitrogens with zero attached hydrogens (tertiary/aromatic N) is 2. The minimum Gasteiger partial charge on any atom is -0.390 e. The summed E-state index contributed by atoms with van der Waals surface area (Å²) in [6.07, 6.45) is 4.02. The van der Waals surface area contributed by atoms with Crippen LogP contribution in [0, 0.1) is 0 Å². The Morgan fingerprint density at radius 2 is 2.29 bits per heavy atom. The molecule has 2 aromatic heterocycles. The van der Waals surface area contributed by atoms with E-state index in [2.05, 4.69) is 16.3 Å². The van der Waals surface area contributed by atoms with Crippen LogP contribution in [0.3, 0.4) is 0 Å². The van der Waals surface area contributed by atoms with Crippen molar-refractivity contribution in [1.82, 2.24) is 9.38 Å². The molecule has 0 fully saturated rings. The number of fused-ring (bicyclic) bond motifs is 1. The van der Waals surface area contributed by atoms with Gasteiger partial charge in [-0.15, -0.1) is 0 Å². The molecule has 14 heavy (non-hydrogen) atoms. The molecule has 0 amide bonds. The summed E-state index contributed by atoms with van der Waals surface area (Å²) in [7, 11) is 0. The second-order valence-electron chi connectivity index (χ2n) is 3.34. The van der Waals surface area contributed by atoms with Crippen molar-refractivity contribution >= 4 is 5.65 Å². The van der Waals surface area contributed by atoms with Gasteiger partial charge in [0.1, 0.15) is 5.65 Å². The zero-order valence-corrected chi connectivity index (χ0v) is 8.27. The van der Waals surface area contributed by atoms with Crippen molar-refractivity contribution in [3.63, 3.8) is 0 Å². The summed E-state index contributed by atoms with van der Waals surface area (Å²) in [5.74, 6) is 0. The van der Waals surface area contributed by atoms with Crippen molar-refractivity contribution in [2.45, 2.75) is 26.4 Å². The minimum absolute atomic E-state index is 0.0248. The zero-order chi connectivity index (χ0) is 9.97. The third kappa shape index (κ3) is 1.40. The number of aliphatic hydroxyl groups is 1. The van der Waals surface area contributed by atoms with E-state index in [9.17, 15) is 5.11 Å². The molecule has 0 aliphatic carbocycles. The second kappa shape index (κ2) is 3.80. The number of hydrogen-bond donors (Lipinski definition) is 1. The Labute approximate surface area is 83.0 Å². The van der Waals surface area contributed by atoms with Gasteiger partial charge in [0.25, 0.3) is 0 Å². The topological polar surface area (TPSA) is 37.5 Å². The molecule has 2 heterocycles. The van der Waals surface area contributed by atoms with Crippen LogP contribution in [0.25, 0.3) is 5.65 Å². The molecule has 1 N–H and O–H groups in total. The molecular weight excluding hydrogens is 176 g/mol. The van der Waals surface area contributed by atoms with E-state index in [1.165, 1.54) is 0 Å². The molecule has 2 rings (SSSR count). The summed E-state index contributed by atoms with van der Waals surface area (Å²) in [5.41, 5.74) is 2.85. The summed E-state index contributed by atoms with van der Waals surface area (Å²) in [4.78, 5) is 4.36. The van der Waals surface area contributed by atoms with Crippen LogP contribution in [-0.2, 0) is 13.0 Å². The molecular formula is C11H14N2O. The first kappa shape index (κ1) is 9.21. The molecule has 0 bridgehead atoms. The minimum atomic E-state index is 0.0248. The van der Waals surface area contributed by atoms with Crippen molar-refractivity contribution in [2.75, 3.05) is 0 Å². The van der Waals surface area contributed by atoms with Gasteiger partial charge in [-0.25, -0.2) is 4.98 Å². The van der Waals surface area contributed by atoms with Crippen molar-refractivity contribution < 1.29 is 5.11 Å². The van der Waals surface area contributed by atoms with Crippen molar-refractivity contribution in [3.05, 3.63) is 35.8 Å². The molecule has 0 spiro atoms. The lowest BCUT2D eigenvalue weighted by atomic mass is 10.2. The number of aliphatic hydroxyl groups excluding tert-OH is 1. The fourth-order valence-electron chi connectivity index (χ4n) is 1.72. The first-order valence-corrected chi connectivity index (χ1v) is 4.92. The van der Waals surface area contributed by atoms with Gasteiger partial charge in [0.2, 0.25) is 0 Å². The Morgan fingerprint density at radius 1 is 1.43 bits per heavy atom. The highest BCUT2D eigenvalue weighted by Gasteiger charge is 2.08. The van der Waals surface area contributed by atoms with E-state index < -0.39 is 0 Å². The van der Waals surface area contributed by atoms with E-state index in [-0.39, 0.29) is 6.61 Å². The van der Waals surface area contributed by atoms with Gasteiger partial charge in [0, 0.05) is 11.9 Å². The number of pyridine rings is 1. The highest BCUT2D eigenvalue weighted by Crippen LogP contribution is 2.14. The quantitative estimate of drug-likeness (QED) is 0.801. The van der Waals surface area contributed by atoms with Crippen LogP contribution < -0.4 is 0 Å². The average molecular weight is 190 g/mol. The van der Waals surface area contributed by atoms with Crippen LogP contribution >= 0.6 is 0 Å². The van der Waals surface area contributed by atoms with E-state index in [0.717, 1.165) is 29.9 Å². The molecule has 0 saturated carbocycles. The lowest BCUT2D eigenvalue weighted by Gasteiger charge is -2.00. The fraction of sp³-hybridized carbons (Fsp3) is 0.364. The highest BCUT2D eigenvalue weighted by atomic mass is 16.3. The van der Waals surface area contributed by atoms with Crippen molar-refractivity contribution in [2.24, 2.45) is 0 Å². The lowest BCUT2D eigenvalue weighted by Crippen LogP contribution is -1.95. The smallest absolute Gasteiger partial charge is 0.137 e. The molecule has 0 unspecified atom stereocenters. The Balaban J connectivity index is 2.61. The van der Waals surface area contributed by atoms with Gasteiger partial charge in [0.15, 0.2) is 0 Å². The molecule has 3 heteroatoms. The first-order valence-electron chi connectivity index (χ1n) is 4.92. The molecule has 0 atom stereocenters. The highest BCUT2D eigenvalue weighted by molar-refractivity contribution is 5.43. The molecule has 0 aliphatic rings. The van der Waals surface area contributed by atoms with E-state index >= 15 is 0 Å². The van der Waals surface area contributed by atoms with Gasteiger partial charge in [0.05, 0.1) is 12.3 Å². The van der Waals surface area contributed by atoms with Gasteiger partial charge >= 0.3 is 0 Å². The van der Waals surface area contributed by atoms with Crippen LogP contribution in [0.5, 0.6) is 0 Å². The molecule has 74 valence electrons. The maximum Gasteiger partial charge on any atom is 0.137 e. The zero-order valence-electron chi connectivity index (χ0n) is 8.27. The Morgan fingerprint density at radius 3 is 3.00 bits per heavy atom. The summed E-state index contributed by atoms with van der Waals surface area (Å²) in [5, 5.41) is 9.17. The van der Waals surface area contributed by atoms with E-state index in [1.54, 1.807) is 0 Å². The summed E-state index contributed by atoms with van der Waals surface area (Å²) in [6, 6.07) is 5.90. The second-order valence-corrected chi connectivity index (χ2v) is 3.34. The van der Waals surface area contributed by atoms with E-state index in [1.807, 2.05) is 24.4 Å². The van der Waals surface area contributed by atoms with Crippen LogP contribution in [0.2, 0.25) is 0 Å². The lowest BCUT2D eigenvalue weighted by molar-refractivity contribution is 0.276. The maximum atomic E-state index is 9.17. The summed E-state index contributed by atoms with van der Waals surface area (Å²) < 4.78 is 2.05. The van der Waals surface area contributed by atoms with Crippen LogP contribution in [0.4, 0.5) is 0 Å². The predicted molar refractivity (Wildman–Crippen MR) is 55.1 cm³/mol. The fourth-order valence-corrected chi connectivity index (χ4v) is 1.72. The number of rotatable bonds is 3. The van der Waals surface area contributed by atoms with Crippen LogP contribution in [0.1, 0.15) is 24.7 Å². The molecule has 0 aromatic carbocycles. The number of aryl methyl sites for hydroxylation is 1. The van der Waals surface area contributed by atoms with Crippen LogP contribution in [0.15, 0.2) is 24.4 Å². The van der Waals surface area contributed by atoms with Gasteiger partial charge in [-0.05, 0) is 18.6 Å². The average Bonchev–Trinajstić information content (AvgIpc) is 2.58. The Hall–Kier alpha value is -1.35. The number of hydrogen-bond acceptors (Lipinski definition) is 2. The van der Waals surface area contributed by atoms with Crippen molar-refractivity contribution in [3.8, 4) is 0 Å². The van der Waals surface area contributed by atoms with Crippen molar-refractivity contribution in [1.29, 1.82) is 0 Å². The molecule has 3 nitrogen and oxygen atoms in total. The van der Waals surface area contributed by atoms with E-state index in [0.29, 0.717) is 0 Å². The number of aromatic nitrogens is 2. The third-order valence-electron chi connectivity index (χ3n) is 2.35.